The topological polar surface area (TPSA) is 52.6 Å². The van der Waals surface area contributed by atoms with Crippen LogP contribution in [0.15, 0.2) is 0 Å². The van der Waals surface area contributed by atoms with Crippen LogP contribution in [-0.2, 0) is 19.1 Å². The van der Waals surface area contributed by atoms with Gasteiger partial charge in [-0.2, -0.15) is 0 Å². The van der Waals surface area contributed by atoms with Crippen molar-refractivity contribution in [1.82, 2.24) is 0 Å². The van der Waals surface area contributed by atoms with E-state index < -0.39 is 5.60 Å². The number of ether oxygens (including phenoxy) is 2. The largest absolute Gasteiger partial charge is 0.462 e. The van der Waals surface area contributed by atoms with Gasteiger partial charge in [-0.3, -0.25) is 9.59 Å². The van der Waals surface area contributed by atoms with E-state index in [0.29, 0.717) is 6.42 Å². The highest BCUT2D eigenvalue weighted by Gasteiger charge is 2.15. The van der Waals surface area contributed by atoms with E-state index in [1.54, 1.807) is 0 Å². The van der Waals surface area contributed by atoms with Gasteiger partial charge in [0.05, 0.1) is 6.10 Å². The molecule has 0 saturated carbocycles. The van der Waals surface area contributed by atoms with Crippen LogP contribution in [-0.4, -0.2) is 29.0 Å². The molecule has 0 aromatic heterocycles. The van der Waals surface area contributed by atoms with Crippen molar-refractivity contribution in [2.24, 2.45) is 0 Å². The lowest BCUT2D eigenvalue weighted by Crippen LogP contribution is -2.23. The van der Waals surface area contributed by atoms with Gasteiger partial charge in [-0.15, -0.1) is 0 Å². The summed E-state index contributed by atoms with van der Waals surface area (Å²) < 4.78 is 10.3. The lowest BCUT2D eigenvalue weighted by Gasteiger charge is -2.19. The Morgan fingerprint density at radius 3 is 2.26 bits per heavy atom. The van der Waals surface area contributed by atoms with E-state index in [4.69, 9.17) is 9.47 Å². The highest BCUT2D eigenvalue weighted by Crippen LogP contribution is 2.12. The van der Waals surface area contributed by atoms with Crippen LogP contribution in [0.2, 0.25) is 0 Å². The molecule has 0 spiro atoms. The van der Waals surface area contributed by atoms with Gasteiger partial charge in [-0.25, -0.2) is 0 Å². The fourth-order valence-corrected chi connectivity index (χ4v) is 1.72. The first kappa shape index (κ1) is 18.4. The van der Waals surface area contributed by atoms with Crippen LogP contribution >= 0.6 is 15.9 Å². The summed E-state index contributed by atoms with van der Waals surface area (Å²) in [6, 6.07) is 0. The molecule has 112 valence electrons. The molecule has 0 radical (unpaired) electrons. The Bertz CT molecular complexity index is 284. The van der Waals surface area contributed by atoms with Crippen molar-refractivity contribution in [2.45, 2.75) is 71.5 Å². The summed E-state index contributed by atoms with van der Waals surface area (Å²) in [7, 11) is 0. The van der Waals surface area contributed by atoms with E-state index in [2.05, 4.69) is 15.9 Å². The van der Waals surface area contributed by atoms with Gasteiger partial charge in [0.1, 0.15) is 10.9 Å². The Morgan fingerprint density at radius 1 is 1.11 bits per heavy atom. The third-order valence-electron chi connectivity index (χ3n) is 2.35. The number of rotatable bonds is 8. The predicted molar refractivity (Wildman–Crippen MR) is 78.3 cm³/mol. The van der Waals surface area contributed by atoms with Crippen molar-refractivity contribution in [1.29, 1.82) is 0 Å². The van der Waals surface area contributed by atoms with Crippen molar-refractivity contribution >= 4 is 27.9 Å². The number of carbonyl (C=O) groups is 2. The monoisotopic (exact) mass is 336 g/mol. The summed E-state index contributed by atoms with van der Waals surface area (Å²) in [5, 5.41) is 0.232. The second-order valence-corrected chi connectivity index (χ2v) is 6.18. The van der Waals surface area contributed by atoms with Gasteiger partial charge in [0.25, 0.3) is 0 Å². The van der Waals surface area contributed by atoms with Gasteiger partial charge in [0.2, 0.25) is 0 Å². The molecule has 0 aromatic carbocycles. The average Bonchev–Trinajstić information content (AvgIpc) is 2.25. The Morgan fingerprint density at radius 2 is 1.74 bits per heavy atom. The molecule has 0 saturated heterocycles. The summed E-state index contributed by atoms with van der Waals surface area (Å²) in [5.41, 5.74) is -0.407. The van der Waals surface area contributed by atoms with E-state index in [0.717, 1.165) is 25.7 Å². The van der Waals surface area contributed by atoms with Crippen molar-refractivity contribution in [2.75, 3.05) is 5.33 Å². The van der Waals surface area contributed by atoms with Gasteiger partial charge in [0.15, 0.2) is 0 Å². The zero-order valence-corrected chi connectivity index (χ0v) is 13.9. The van der Waals surface area contributed by atoms with Crippen LogP contribution in [0, 0.1) is 0 Å². The fraction of sp³-hybridized carbons (Fsp3) is 0.857. The van der Waals surface area contributed by atoms with Crippen LogP contribution in [0.4, 0.5) is 0 Å². The third kappa shape index (κ3) is 12.2. The molecule has 0 N–H and O–H groups in total. The number of esters is 2. The molecule has 4 nitrogen and oxygen atoms in total. The Kier molecular flexibility index (Phi) is 9.06. The van der Waals surface area contributed by atoms with E-state index >= 15 is 0 Å². The smallest absolute Gasteiger partial charge is 0.316 e. The second kappa shape index (κ2) is 9.34. The summed E-state index contributed by atoms with van der Waals surface area (Å²) in [5.74, 6) is -0.382. The van der Waals surface area contributed by atoms with Crippen LogP contribution in [0.1, 0.15) is 59.8 Å². The molecule has 0 rings (SSSR count). The van der Waals surface area contributed by atoms with E-state index in [-0.39, 0.29) is 23.4 Å². The molecule has 1 atom stereocenters. The number of halogens is 1. The molecule has 5 heteroatoms. The van der Waals surface area contributed by atoms with Crippen molar-refractivity contribution < 1.29 is 19.1 Å². The first-order valence-corrected chi connectivity index (χ1v) is 7.84. The molecule has 0 aliphatic heterocycles. The predicted octanol–water partition coefficient (Wildman–Crippen LogP) is 3.61. The molecule has 0 heterocycles. The summed E-state index contributed by atoms with van der Waals surface area (Å²) in [6.07, 6.45) is 3.91. The fourth-order valence-electron chi connectivity index (χ4n) is 1.59. The Hall–Kier alpha value is -0.580. The summed E-state index contributed by atoms with van der Waals surface area (Å²) in [6.45, 7) is 7.48. The minimum absolute atomic E-state index is 0.0634. The van der Waals surface area contributed by atoms with Gasteiger partial charge in [-0.05, 0) is 47.0 Å². The normalized spacial score (nSPS) is 12.9. The summed E-state index contributed by atoms with van der Waals surface area (Å²) in [4.78, 5) is 22.4. The van der Waals surface area contributed by atoms with Crippen LogP contribution < -0.4 is 0 Å². The second-order valence-electron chi connectivity index (χ2n) is 5.62. The molecular formula is C14H25BrO4. The maximum absolute atomic E-state index is 11.4. The lowest BCUT2D eigenvalue weighted by molar-refractivity contribution is -0.155. The number of hydrogen-bond donors (Lipinski definition) is 0. The molecule has 0 aliphatic rings. The van der Waals surface area contributed by atoms with Gasteiger partial charge < -0.3 is 9.47 Å². The molecule has 0 amide bonds. The number of unbranched alkanes of at least 4 members (excludes halogenated alkanes) is 2. The Labute approximate surface area is 124 Å². The number of hydrogen-bond acceptors (Lipinski definition) is 4. The van der Waals surface area contributed by atoms with Crippen molar-refractivity contribution in [3.05, 3.63) is 0 Å². The molecule has 0 aromatic rings. The minimum Gasteiger partial charge on any atom is -0.462 e. The van der Waals surface area contributed by atoms with E-state index in [1.165, 1.54) is 0 Å². The lowest BCUT2D eigenvalue weighted by atomic mass is 10.1. The quantitative estimate of drug-likeness (QED) is 0.386. The van der Waals surface area contributed by atoms with Gasteiger partial charge >= 0.3 is 11.9 Å². The maximum Gasteiger partial charge on any atom is 0.316 e. The van der Waals surface area contributed by atoms with Crippen LogP contribution in [0.3, 0.4) is 0 Å². The standard InChI is InChI=1S/C14H25BrO4/c1-11(18-13(17)10-15)8-6-5-7-9-12(16)19-14(2,3)4/h11H,5-10H2,1-4H3/t11-/m0/s1. The van der Waals surface area contributed by atoms with E-state index in [1.807, 2.05) is 27.7 Å². The zero-order chi connectivity index (χ0) is 14.9. The Balaban J connectivity index is 3.55. The van der Waals surface area contributed by atoms with Gasteiger partial charge in [-0.1, -0.05) is 22.4 Å². The molecule has 0 unspecified atom stereocenters. The molecule has 0 fully saturated rings. The van der Waals surface area contributed by atoms with Crippen molar-refractivity contribution in [3.8, 4) is 0 Å². The molecular weight excluding hydrogens is 312 g/mol. The van der Waals surface area contributed by atoms with Crippen LogP contribution in [0.25, 0.3) is 0 Å². The zero-order valence-electron chi connectivity index (χ0n) is 12.3. The van der Waals surface area contributed by atoms with Crippen molar-refractivity contribution in [3.63, 3.8) is 0 Å². The highest BCUT2D eigenvalue weighted by molar-refractivity contribution is 9.09. The van der Waals surface area contributed by atoms with Gasteiger partial charge in [0, 0.05) is 6.42 Å². The SMILES string of the molecule is C[C@@H](CCCCCC(=O)OC(C)(C)C)OC(=O)CBr. The average molecular weight is 337 g/mol. The maximum atomic E-state index is 11.4. The first-order valence-electron chi connectivity index (χ1n) is 6.72. The highest BCUT2D eigenvalue weighted by atomic mass is 79.9. The molecule has 0 bridgehead atoms. The number of carbonyl (C=O) groups excluding carboxylic acids is 2. The molecule has 0 aliphatic carbocycles. The minimum atomic E-state index is -0.407. The molecule has 19 heavy (non-hydrogen) atoms. The summed E-state index contributed by atoms with van der Waals surface area (Å²) >= 11 is 3.05. The van der Waals surface area contributed by atoms with E-state index in [9.17, 15) is 9.59 Å². The van der Waals surface area contributed by atoms with Crippen LogP contribution in [0.5, 0.6) is 0 Å². The number of alkyl halides is 1. The first-order chi connectivity index (χ1) is 8.74. The third-order valence-corrected chi connectivity index (χ3v) is 2.81.